The molecule has 0 aliphatic carbocycles. The third-order valence-corrected chi connectivity index (χ3v) is 3.64. The Bertz CT molecular complexity index is 559. The quantitative estimate of drug-likeness (QED) is 0.831. The van der Waals surface area contributed by atoms with Crippen molar-refractivity contribution in [2.75, 3.05) is 0 Å². The molecule has 0 atom stereocenters. The molecule has 0 fully saturated rings. The Hall–Kier alpha value is -1.75. The zero-order valence-corrected chi connectivity index (χ0v) is 11.0. The molecule has 0 radical (unpaired) electrons. The molecular formula is C13H14N2O2S. The number of H-pyrrole nitrogens is 1. The zero-order chi connectivity index (χ0) is 13.1. The van der Waals surface area contributed by atoms with Gasteiger partial charge in [-0.2, -0.15) is 0 Å². The van der Waals surface area contributed by atoms with Crippen molar-refractivity contribution in [1.29, 1.82) is 0 Å². The van der Waals surface area contributed by atoms with E-state index >= 15 is 0 Å². The molecule has 0 aliphatic heterocycles. The molecule has 1 heterocycles. The van der Waals surface area contributed by atoms with Crippen LogP contribution in [0.25, 0.3) is 0 Å². The molecule has 2 aromatic rings. The summed E-state index contributed by atoms with van der Waals surface area (Å²) in [4.78, 5) is 18.6. The molecule has 0 unspecified atom stereocenters. The number of benzene rings is 1. The molecule has 0 amide bonds. The molecule has 4 nitrogen and oxygen atoms in total. The number of nitrogens with zero attached hydrogens (tertiary/aromatic N) is 1. The van der Waals surface area contributed by atoms with E-state index < -0.39 is 5.97 Å². The van der Waals surface area contributed by atoms with Gasteiger partial charge in [0.2, 0.25) is 0 Å². The summed E-state index contributed by atoms with van der Waals surface area (Å²) in [7, 11) is 0. The number of carboxylic acid groups (broad SMARTS) is 1. The van der Waals surface area contributed by atoms with Crippen LogP contribution < -0.4 is 0 Å². The molecule has 5 heteroatoms. The Labute approximate surface area is 109 Å². The number of nitrogens with one attached hydrogen (secondary N) is 1. The van der Waals surface area contributed by atoms with Gasteiger partial charge in [-0.25, -0.2) is 9.78 Å². The summed E-state index contributed by atoms with van der Waals surface area (Å²) in [5.41, 5.74) is 3.18. The summed E-state index contributed by atoms with van der Waals surface area (Å²) >= 11 is 1.51. The van der Waals surface area contributed by atoms with E-state index in [1.807, 2.05) is 26.0 Å². The predicted octanol–water partition coefficient (Wildman–Crippen LogP) is 3.02. The van der Waals surface area contributed by atoms with Crippen molar-refractivity contribution in [2.45, 2.75) is 24.8 Å². The van der Waals surface area contributed by atoms with E-state index in [1.54, 1.807) is 12.1 Å². The Morgan fingerprint density at radius 2 is 2.11 bits per heavy atom. The number of thioether (sulfide) groups is 1. The first-order chi connectivity index (χ1) is 8.58. The lowest BCUT2D eigenvalue weighted by molar-refractivity contribution is 0.0696. The first-order valence-electron chi connectivity index (χ1n) is 5.55. The topological polar surface area (TPSA) is 66.0 Å². The Balaban J connectivity index is 2.13. The molecule has 1 aromatic heterocycles. The van der Waals surface area contributed by atoms with Crippen LogP contribution in [0.15, 0.2) is 29.4 Å². The largest absolute Gasteiger partial charge is 0.478 e. The number of hydrogen-bond donors (Lipinski definition) is 2. The van der Waals surface area contributed by atoms with Gasteiger partial charge in [0, 0.05) is 11.4 Å². The lowest BCUT2D eigenvalue weighted by atomic mass is 10.1. The Kier molecular flexibility index (Phi) is 3.72. The monoisotopic (exact) mass is 262 g/mol. The lowest BCUT2D eigenvalue weighted by Gasteiger charge is -2.03. The van der Waals surface area contributed by atoms with Crippen LogP contribution in [0.2, 0.25) is 0 Å². The van der Waals surface area contributed by atoms with Crippen LogP contribution in [-0.4, -0.2) is 21.0 Å². The summed E-state index contributed by atoms with van der Waals surface area (Å²) in [6, 6.07) is 7.04. The average molecular weight is 262 g/mol. The highest BCUT2D eigenvalue weighted by molar-refractivity contribution is 7.98. The van der Waals surface area contributed by atoms with Crippen molar-refractivity contribution in [3.05, 3.63) is 46.8 Å². The van der Waals surface area contributed by atoms with Crippen LogP contribution in [-0.2, 0) is 5.75 Å². The molecule has 2 rings (SSSR count). The number of aromatic nitrogens is 2. The lowest BCUT2D eigenvalue weighted by Crippen LogP contribution is -2.00. The van der Waals surface area contributed by atoms with Gasteiger partial charge in [-0.05, 0) is 25.5 Å². The highest BCUT2D eigenvalue weighted by Gasteiger charge is 2.10. The van der Waals surface area contributed by atoms with Crippen molar-refractivity contribution >= 4 is 17.7 Å². The fourth-order valence-corrected chi connectivity index (χ4v) is 2.55. The number of imidazole rings is 1. The molecule has 1 aromatic carbocycles. The molecule has 18 heavy (non-hydrogen) atoms. The summed E-state index contributed by atoms with van der Waals surface area (Å²) in [5, 5.41) is 9.90. The molecule has 94 valence electrons. The van der Waals surface area contributed by atoms with Crippen molar-refractivity contribution in [3.8, 4) is 0 Å². The van der Waals surface area contributed by atoms with Crippen LogP contribution in [0.1, 0.15) is 27.3 Å². The van der Waals surface area contributed by atoms with E-state index in [0.29, 0.717) is 11.3 Å². The minimum atomic E-state index is -0.891. The molecular weight excluding hydrogens is 248 g/mol. The first-order valence-corrected chi connectivity index (χ1v) is 6.53. The second-order valence-electron chi connectivity index (χ2n) is 4.00. The van der Waals surface area contributed by atoms with Crippen LogP contribution in [0.3, 0.4) is 0 Å². The van der Waals surface area contributed by atoms with E-state index in [4.69, 9.17) is 5.11 Å². The zero-order valence-electron chi connectivity index (χ0n) is 10.2. The number of hydrogen-bond acceptors (Lipinski definition) is 3. The van der Waals surface area contributed by atoms with Gasteiger partial charge in [0.25, 0.3) is 0 Å². The third kappa shape index (κ3) is 2.73. The van der Waals surface area contributed by atoms with Gasteiger partial charge in [-0.3, -0.25) is 0 Å². The van der Waals surface area contributed by atoms with E-state index in [1.165, 1.54) is 11.8 Å². The molecule has 0 bridgehead atoms. The van der Waals surface area contributed by atoms with Crippen LogP contribution >= 0.6 is 11.8 Å². The highest BCUT2D eigenvalue weighted by atomic mass is 32.2. The van der Waals surface area contributed by atoms with Crippen LogP contribution in [0.5, 0.6) is 0 Å². The van der Waals surface area contributed by atoms with Crippen molar-refractivity contribution in [1.82, 2.24) is 9.97 Å². The van der Waals surface area contributed by atoms with Crippen molar-refractivity contribution in [3.63, 3.8) is 0 Å². The standard InChI is InChI=1S/C13H14N2O2S/c1-8-9(2)15-13(14-8)18-7-10-5-3-4-6-11(10)12(16)17/h3-6H,7H2,1-2H3,(H,14,15)(H,16,17). The van der Waals surface area contributed by atoms with E-state index in [9.17, 15) is 4.79 Å². The minimum Gasteiger partial charge on any atom is -0.478 e. The fourth-order valence-electron chi connectivity index (χ4n) is 1.58. The van der Waals surface area contributed by atoms with Crippen molar-refractivity contribution < 1.29 is 9.90 Å². The third-order valence-electron chi connectivity index (χ3n) is 2.72. The van der Waals surface area contributed by atoms with Crippen molar-refractivity contribution in [2.24, 2.45) is 0 Å². The van der Waals surface area contributed by atoms with Gasteiger partial charge in [0.1, 0.15) is 0 Å². The molecule has 2 N–H and O–H groups in total. The number of carbonyl (C=O) groups is 1. The van der Waals surface area contributed by atoms with Crippen LogP contribution in [0.4, 0.5) is 0 Å². The molecule has 0 aliphatic rings. The van der Waals surface area contributed by atoms with E-state index in [0.717, 1.165) is 22.1 Å². The maximum atomic E-state index is 11.1. The van der Waals surface area contributed by atoms with Gasteiger partial charge in [-0.1, -0.05) is 30.0 Å². The summed E-state index contributed by atoms with van der Waals surface area (Å²) in [6.07, 6.45) is 0. The van der Waals surface area contributed by atoms with Gasteiger partial charge >= 0.3 is 5.97 Å². The van der Waals surface area contributed by atoms with Gasteiger partial charge in [0.15, 0.2) is 5.16 Å². The molecule has 0 spiro atoms. The van der Waals surface area contributed by atoms with E-state index in [2.05, 4.69) is 9.97 Å². The number of aryl methyl sites for hydroxylation is 2. The smallest absolute Gasteiger partial charge is 0.335 e. The Morgan fingerprint density at radius 3 is 2.72 bits per heavy atom. The Morgan fingerprint density at radius 1 is 1.39 bits per heavy atom. The molecule has 0 saturated heterocycles. The van der Waals surface area contributed by atoms with Gasteiger partial charge in [-0.15, -0.1) is 0 Å². The number of rotatable bonds is 4. The summed E-state index contributed by atoms with van der Waals surface area (Å²) in [5.74, 6) is -0.299. The highest BCUT2D eigenvalue weighted by Crippen LogP contribution is 2.23. The summed E-state index contributed by atoms with van der Waals surface area (Å²) in [6.45, 7) is 3.92. The fraction of sp³-hybridized carbons (Fsp3) is 0.231. The van der Waals surface area contributed by atoms with Gasteiger partial charge < -0.3 is 10.1 Å². The minimum absolute atomic E-state index is 0.352. The van der Waals surface area contributed by atoms with Gasteiger partial charge in [0.05, 0.1) is 11.3 Å². The van der Waals surface area contributed by atoms with E-state index in [-0.39, 0.29) is 0 Å². The molecule has 0 saturated carbocycles. The average Bonchev–Trinajstić information content (AvgIpc) is 2.66. The van der Waals surface area contributed by atoms with Crippen LogP contribution in [0, 0.1) is 13.8 Å². The second kappa shape index (κ2) is 5.27. The number of aromatic amines is 1. The number of carboxylic acids is 1. The second-order valence-corrected chi connectivity index (χ2v) is 4.97. The summed E-state index contributed by atoms with van der Waals surface area (Å²) < 4.78 is 0. The first kappa shape index (κ1) is 12.7. The predicted molar refractivity (Wildman–Crippen MR) is 71.0 cm³/mol. The SMILES string of the molecule is Cc1nc(SCc2ccccc2C(=O)O)[nH]c1C. The normalized spacial score (nSPS) is 10.6. The maximum Gasteiger partial charge on any atom is 0.335 e. The maximum absolute atomic E-state index is 11.1. The number of aromatic carboxylic acids is 1.